The van der Waals surface area contributed by atoms with Crippen molar-refractivity contribution in [2.45, 2.75) is 13.1 Å². The Morgan fingerprint density at radius 2 is 1.56 bits per heavy atom. The molecule has 0 spiro atoms. The van der Waals surface area contributed by atoms with Crippen molar-refractivity contribution >= 4 is 24.2 Å². The molecule has 0 atom stereocenters. The SMILES string of the molecule is Cl.NCc1ccc(-c2noc(-c3ccc(CN4CCSCC4)cc3)n2)cc1. The molecule has 1 aliphatic rings. The molecule has 2 N–H and O–H groups in total. The van der Waals surface area contributed by atoms with Gasteiger partial charge < -0.3 is 10.3 Å². The molecule has 0 unspecified atom stereocenters. The van der Waals surface area contributed by atoms with Crippen LogP contribution in [0.2, 0.25) is 0 Å². The summed E-state index contributed by atoms with van der Waals surface area (Å²) in [6.07, 6.45) is 0. The lowest BCUT2D eigenvalue weighted by molar-refractivity contribution is 0.294. The van der Waals surface area contributed by atoms with Gasteiger partial charge in [0.25, 0.3) is 5.89 Å². The van der Waals surface area contributed by atoms with E-state index in [0.29, 0.717) is 18.3 Å². The first-order valence-electron chi connectivity index (χ1n) is 8.84. The molecule has 27 heavy (non-hydrogen) atoms. The van der Waals surface area contributed by atoms with E-state index in [1.807, 2.05) is 36.0 Å². The van der Waals surface area contributed by atoms with Crippen molar-refractivity contribution in [3.63, 3.8) is 0 Å². The molecule has 0 aliphatic carbocycles. The molecule has 0 saturated carbocycles. The molecule has 2 aromatic carbocycles. The van der Waals surface area contributed by atoms with Gasteiger partial charge in [0.05, 0.1) is 0 Å². The summed E-state index contributed by atoms with van der Waals surface area (Å²) in [5.74, 6) is 3.60. The first-order chi connectivity index (χ1) is 12.8. The lowest BCUT2D eigenvalue weighted by Crippen LogP contribution is -2.31. The van der Waals surface area contributed by atoms with Crippen LogP contribution in [-0.2, 0) is 13.1 Å². The van der Waals surface area contributed by atoms with Crippen LogP contribution in [0.3, 0.4) is 0 Å². The van der Waals surface area contributed by atoms with Gasteiger partial charge in [-0.25, -0.2) is 0 Å². The molecular weight excluding hydrogens is 380 g/mol. The van der Waals surface area contributed by atoms with Crippen molar-refractivity contribution < 1.29 is 4.52 Å². The molecule has 1 aliphatic heterocycles. The Balaban J connectivity index is 0.00000210. The van der Waals surface area contributed by atoms with E-state index in [0.717, 1.165) is 23.2 Å². The Morgan fingerprint density at radius 3 is 2.22 bits per heavy atom. The lowest BCUT2D eigenvalue weighted by Gasteiger charge is -2.26. The zero-order chi connectivity index (χ0) is 17.8. The van der Waals surface area contributed by atoms with Gasteiger partial charge in [0, 0.05) is 48.8 Å². The van der Waals surface area contributed by atoms with Crippen molar-refractivity contribution in [1.82, 2.24) is 15.0 Å². The maximum absolute atomic E-state index is 5.64. The highest BCUT2D eigenvalue weighted by Gasteiger charge is 2.13. The second kappa shape index (κ2) is 9.37. The Hall–Kier alpha value is -1.86. The first-order valence-corrected chi connectivity index (χ1v) is 10.00. The maximum atomic E-state index is 5.64. The standard InChI is InChI=1S/C20H22N4OS.ClH/c21-13-15-1-5-17(6-2-15)19-22-20(25-23-19)18-7-3-16(4-8-18)14-24-9-11-26-12-10-24;/h1-8H,9-14,21H2;1H. The van der Waals surface area contributed by atoms with Gasteiger partial charge in [0.1, 0.15) is 0 Å². The summed E-state index contributed by atoms with van der Waals surface area (Å²) in [6, 6.07) is 16.3. The minimum atomic E-state index is 0. The fourth-order valence-corrected chi connectivity index (χ4v) is 4.00. The van der Waals surface area contributed by atoms with Crippen LogP contribution in [0.1, 0.15) is 11.1 Å². The smallest absolute Gasteiger partial charge is 0.258 e. The predicted molar refractivity (Wildman–Crippen MR) is 113 cm³/mol. The number of benzene rings is 2. The largest absolute Gasteiger partial charge is 0.334 e. The molecule has 0 radical (unpaired) electrons. The van der Waals surface area contributed by atoms with Crippen molar-refractivity contribution in [3.8, 4) is 22.8 Å². The van der Waals surface area contributed by atoms with E-state index in [-0.39, 0.29) is 12.4 Å². The van der Waals surface area contributed by atoms with Crippen LogP contribution < -0.4 is 5.73 Å². The Kier molecular flexibility index (Phi) is 6.90. The minimum Gasteiger partial charge on any atom is -0.334 e. The van der Waals surface area contributed by atoms with Crippen molar-refractivity contribution in [1.29, 1.82) is 0 Å². The molecule has 3 aromatic rings. The number of thioether (sulfide) groups is 1. The summed E-state index contributed by atoms with van der Waals surface area (Å²) in [6.45, 7) is 3.87. The molecule has 1 saturated heterocycles. The van der Waals surface area contributed by atoms with Gasteiger partial charge in [-0.1, -0.05) is 41.6 Å². The summed E-state index contributed by atoms with van der Waals surface area (Å²) >= 11 is 2.04. The lowest BCUT2D eigenvalue weighted by atomic mass is 10.1. The summed E-state index contributed by atoms with van der Waals surface area (Å²) in [5, 5.41) is 4.11. The highest BCUT2D eigenvalue weighted by atomic mass is 35.5. The van der Waals surface area contributed by atoms with E-state index >= 15 is 0 Å². The van der Waals surface area contributed by atoms with E-state index in [2.05, 4.69) is 39.3 Å². The second-order valence-electron chi connectivity index (χ2n) is 6.41. The number of hydrogen-bond acceptors (Lipinski definition) is 6. The summed E-state index contributed by atoms with van der Waals surface area (Å²) in [7, 11) is 0. The third kappa shape index (κ3) is 4.90. The quantitative estimate of drug-likeness (QED) is 0.699. The zero-order valence-electron chi connectivity index (χ0n) is 15.0. The van der Waals surface area contributed by atoms with Crippen LogP contribution in [0.4, 0.5) is 0 Å². The Bertz CT molecular complexity index is 845. The number of nitrogens with zero attached hydrogens (tertiary/aromatic N) is 3. The van der Waals surface area contributed by atoms with Gasteiger partial charge in [-0.2, -0.15) is 16.7 Å². The van der Waals surface area contributed by atoms with Crippen LogP contribution >= 0.6 is 24.2 Å². The zero-order valence-corrected chi connectivity index (χ0v) is 16.6. The van der Waals surface area contributed by atoms with Gasteiger partial charge in [-0.15, -0.1) is 12.4 Å². The van der Waals surface area contributed by atoms with E-state index in [1.165, 1.54) is 30.2 Å². The highest BCUT2D eigenvalue weighted by molar-refractivity contribution is 7.99. The van der Waals surface area contributed by atoms with Crippen LogP contribution in [0.25, 0.3) is 22.8 Å². The molecule has 0 amide bonds. The number of halogens is 1. The second-order valence-corrected chi connectivity index (χ2v) is 7.63. The average Bonchev–Trinajstić information content (AvgIpc) is 3.20. The molecule has 0 bridgehead atoms. The van der Waals surface area contributed by atoms with Crippen molar-refractivity contribution in [2.75, 3.05) is 24.6 Å². The van der Waals surface area contributed by atoms with Gasteiger partial charge in [0.2, 0.25) is 5.82 Å². The van der Waals surface area contributed by atoms with Crippen LogP contribution in [0, 0.1) is 0 Å². The summed E-state index contributed by atoms with van der Waals surface area (Å²) in [4.78, 5) is 7.03. The first kappa shape index (κ1) is 19.9. The molecule has 1 aromatic heterocycles. The number of hydrogen-bond donors (Lipinski definition) is 1. The third-order valence-electron chi connectivity index (χ3n) is 4.58. The highest BCUT2D eigenvalue weighted by Crippen LogP contribution is 2.23. The molecule has 5 nitrogen and oxygen atoms in total. The van der Waals surface area contributed by atoms with E-state index < -0.39 is 0 Å². The summed E-state index contributed by atoms with van der Waals surface area (Å²) in [5.41, 5.74) is 9.91. The predicted octanol–water partition coefficient (Wildman–Crippen LogP) is 3.83. The fraction of sp³-hybridized carbons (Fsp3) is 0.300. The normalized spacial score (nSPS) is 14.7. The van der Waals surface area contributed by atoms with Crippen LogP contribution in [0.5, 0.6) is 0 Å². The van der Waals surface area contributed by atoms with Crippen LogP contribution in [-0.4, -0.2) is 39.6 Å². The molecule has 142 valence electrons. The Labute approximate surface area is 169 Å². The third-order valence-corrected chi connectivity index (χ3v) is 5.53. The molecule has 1 fully saturated rings. The molecular formula is C20H23ClN4OS. The van der Waals surface area contributed by atoms with Gasteiger partial charge in [-0.05, 0) is 23.3 Å². The van der Waals surface area contributed by atoms with Crippen molar-refractivity contribution in [3.05, 3.63) is 59.7 Å². The maximum Gasteiger partial charge on any atom is 0.258 e. The molecule has 4 rings (SSSR count). The van der Waals surface area contributed by atoms with E-state index in [9.17, 15) is 0 Å². The van der Waals surface area contributed by atoms with Crippen LogP contribution in [0.15, 0.2) is 53.1 Å². The monoisotopic (exact) mass is 402 g/mol. The molecule has 7 heteroatoms. The van der Waals surface area contributed by atoms with Gasteiger partial charge >= 0.3 is 0 Å². The topological polar surface area (TPSA) is 68.2 Å². The van der Waals surface area contributed by atoms with E-state index in [4.69, 9.17) is 10.3 Å². The van der Waals surface area contributed by atoms with E-state index in [1.54, 1.807) is 0 Å². The molecule has 2 heterocycles. The van der Waals surface area contributed by atoms with Gasteiger partial charge in [0.15, 0.2) is 0 Å². The Morgan fingerprint density at radius 1 is 0.926 bits per heavy atom. The average molecular weight is 403 g/mol. The van der Waals surface area contributed by atoms with Crippen molar-refractivity contribution in [2.24, 2.45) is 5.73 Å². The fourth-order valence-electron chi connectivity index (χ4n) is 3.02. The number of nitrogens with two attached hydrogens (primary N) is 1. The van der Waals surface area contributed by atoms with Gasteiger partial charge in [-0.3, -0.25) is 4.90 Å². The number of aromatic nitrogens is 2. The summed E-state index contributed by atoms with van der Waals surface area (Å²) < 4.78 is 5.45. The number of rotatable bonds is 5. The minimum absolute atomic E-state index is 0.